The Morgan fingerprint density at radius 1 is 0.904 bits per heavy atom. The van der Waals surface area contributed by atoms with Crippen LogP contribution in [0.4, 0.5) is 35.0 Å². The smallest absolute Gasteiger partial charge is 0.386 e. The Morgan fingerprint density at radius 2 is 1.64 bits per heavy atom. The van der Waals surface area contributed by atoms with E-state index in [-0.39, 0.29) is 64.5 Å². The van der Waals surface area contributed by atoms with Gasteiger partial charge in [0.15, 0.2) is 17.2 Å². The highest BCUT2D eigenvalue weighted by Crippen LogP contribution is 2.38. The van der Waals surface area contributed by atoms with Crippen molar-refractivity contribution in [2.75, 3.05) is 83.2 Å². The van der Waals surface area contributed by atoms with Gasteiger partial charge in [0.05, 0.1) is 42.4 Å². The second-order valence-electron chi connectivity index (χ2n) is 20.5. The third kappa shape index (κ3) is 10.0. The van der Waals surface area contributed by atoms with Gasteiger partial charge < -0.3 is 15.1 Å². The van der Waals surface area contributed by atoms with E-state index >= 15 is 8.78 Å². The average molecular weight is 1000 g/mol. The van der Waals surface area contributed by atoms with Crippen molar-refractivity contribution >= 4 is 58.7 Å². The van der Waals surface area contributed by atoms with Crippen LogP contribution in [0, 0.1) is 35.2 Å². The highest BCUT2D eigenvalue weighted by atomic mass is 19.1. The minimum Gasteiger partial charge on any atom is -0.386 e. The fourth-order valence-corrected chi connectivity index (χ4v) is 11.6. The summed E-state index contributed by atoms with van der Waals surface area (Å²) < 4.78 is 49.5. The molecule has 1 aliphatic carbocycles. The van der Waals surface area contributed by atoms with Crippen LogP contribution >= 0.6 is 0 Å². The van der Waals surface area contributed by atoms with Gasteiger partial charge in [-0.2, -0.15) is 14.3 Å². The molecule has 3 atom stereocenters. The number of pyridine rings is 2. The summed E-state index contributed by atoms with van der Waals surface area (Å²) in [5.74, 6) is -3.11. The van der Waals surface area contributed by atoms with Crippen molar-refractivity contribution in [3.05, 3.63) is 122 Å². The third-order valence-corrected chi connectivity index (χ3v) is 15.9. The maximum Gasteiger partial charge on any atom is 0.503 e. The molecule has 3 fully saturated rings. The predicted molar refractivity (Wildman–Crippen MR) is 273 cm³/mol. The van der Waals surface area contributed by atoms with E-state index in [0.29, 0.717) is 68.3 Å². The number of benzene rings is 2. The zero-order chi connectivity index (χ0) is 51.2. The molecule has 2 N–H and O–H groups in total. The number of likely N-dealkylation sites (tertiary alicyclic amines) is 1. The third-order valence-electron chi connectivity index (χ3n) is 15.9. The van der Waals surface area contributed by atoms with Gasteiger partial charge in [-0.15, -0.1) is 0 Å². The van der Waals surface area contributed by atoms with Gasteiger partial charge in [0.25, 0.3) is 11.5 Å². The zero-order valence-electron chi connectivity index (χ0n) is 41.8. The number of urea groups is 1. The molecule has 15 nitrogen and oxygen atoms in total. The number of nitrogens with zero attached hydrogens (tertiary/aromatic N) is 8. The molecule has 5 amide bonds. The Hall–Kier alpha value is -6.76. The van der Waals surface area contributed by atoms with E-state index in [4.69, 9.17) is 0 Å². The molecule has 382 valence electrons. The van der Waals surface area contributed by atoms with E-state index < -0.39 is 23.4 Å². The highest BCUT2D eigenvalue weighted by Gasteiger charge is 2.41. The van der Waals surface area contributed by atoms with Gasteiger partial charge in [0.2, 0.25) is 11.8 Å². The maximum absolute atomic E-state index is 15.9. The fraction of sp³-hybridized carbons (Fsp3) is 0.436. The molecule has 10 rings (SSSR count). The summed E-state index contributed by atoms with van der Waals surface area (Å²) in [5, 5.41) is 5.07. The molecule has 18 heteroatoms. The van der Waals surface area contributed by atoms with Crippen molar-refractivity contribution in [2.24, 2.45) is 17.8 Å². The normalized spacial score (nSPS) is 22.2. The lowest BCUT2D eigenvalue weighted by atomic mass is 9.82. The minimum atomic E-state index is -0.745. The number of nitrogens with one attached hydrogen (secondary N) is 2. The molecule has 0 spiro atoms. The van der Waals surface area contributed by atoms with Crippen LogP contribution in [0.1, 0.15) is 78.7 Å². The van der Waals surface area contributed by atoms with Crippen LogP contribution in [0.15, 0.2) is 71.3 Å². The summed E-state index contributed by atoms with van der Waals surface area (Å²) in [4.78, 5) is 79.0. The Labute approximate surface area is 422 Å². The molecular formula is C55H62F3N10O5+. The van der Waals surface area contributed by atoms with Gasteiger partial charge >= 0.3 is 6.03 Å². The van der Waals surface area contributed by atoms with E-state index in [1.807, 2.05) is 24.3 Å². The number of aromatic nitrogens is 2. The van der Waals surface area contributed by atoms with E-state index in [1.165, 1.54) is 33.5 Å². The first-order valence-corrected chi connectivity index (χ1v) is 25.5. The van der Waals surface area contributed by atoms with E-state index in [2.05, 4.69) is 50.2 Å². The van der Waals surface area contributed by atoms with Crippen LogP contribution in [-0.4, -0.2) is 143 Å². The van der Waals surface area contributed by atoms with Gasteiger partial charge in [0, 0.05) is 114 Å². The number of rotatable bonds is 11. The van der Waals surface area contributed by atoms with Crippen LogP contribution in [0.2, 0.25) is 0 Å². The number of halogens is 3. The molecule has 7 heterocycles. The monoisotopic (exact) mass is 999 g/mol. The number of anilines is 2. The van der Waals surface area contributed by atoms with Crippen molar-refractivity contribution in [2.45, 2.75) is 65.0 Å². The molecule has 0 radical (unpaired) electrons. The van der Waals surface area contributed by atoms with Crippen LogP contribution in [0.5, 0.6) is 0 Å². The highest BCUT2D eigenvalue weighted by molar-refractivity contribution is 6.06. The maximum atomic E-state index is 15.9. The standard InChI is InChI=1S/C55H61F3N10O5/c1-33-23-45-41(47(9-14-60-45)67-32-44(58)46(59-3)28-51(67)70)27-40(33)34(2)65-17-12-37(13-18-65)52-42(56)25-39(26-43(52)57)54(72)66-15-10-35(11-16-66)29-63-19-21-64(22-20-63)30-36-5-7-48-49(24-36)62(4)55(73)68(48)31-38-6-8-50(69)61-53(38)71/h5,7,9,12,14,24-28,31-35,38H,6,8,10-11,13,15-23,29-30H2,1-4H3,(H-,59,61,69,70,71)/p+1/b68-31+/t33?,34-,38?/m0/s1. The summed E-state index contributed by atoms with van der Waals surface area (Å²) >= 11 is 0. The average Bonchev–Trinajstić information content (AvgIpc) is 3.61. The Bertz CT molecular complexity index is 3020. The van der Waals surface area contributed by atoms with Crippen LogP contribution < -0.4 is 21.1 Å². The number of fused-ring (bicyclic) bond motifs is 2. The van der Waals surface area contributed by atoms with Crippen molar-refractivity contribution in [3.63, 3.8) is 0 Å². The van der Waals surface area contributed by atoms with E-state index in [1.54, 1.807) is 42.4 Å². The van der Waals surface area contributed by atoms with E-state index in [9.17, 15) is 28.4 Å². The molecule has 0 saturated carbocycles. The van der Waals surface area contributed by atoms with Crippen LogP contribution in [0.25, 0.3) is 17.3 Å². The van der Waals surface area contributed by atoms with Gasteiger partial charge in [0.1, 0.15) is 11.6 Å². The summed E-state index contributed by atoms with van der Waals surface area (Å²) in [6.45, 7) is 11.5. The summed E-state index contributed by atoms with van der Waals surface area (Å²) in [7, 11) is 3.28. The second-order valence-corrected chi connectivity index (χ2v) is 20.5. The largest absolute Gasteiger partial charge is 0.503 e. The Kier molecular flexibility index (Phi) is 14.1. The Balaban J connectivity index is 0.705. The molecule has 2 unspecified atom stereocenters. The van der Waals surface area contributed by atoms with Crippen LogP contribution in [-0.2, 0) is 22.6 Å². The number of hydrogen-bond donors (Lipinski definition) is 2. The van der Waals surface area contributed by atoms with Gasteiger partial charge in [-0.3, -0.25) is 43.8 Å². The summed E-state index contributed by atoms with van der Waals surface area (Å²) in [6, 6.07) is 11.0. The minimum absolute atomic E-state index is 0.0137. The Morgan fingerprint density at radius 3 is 2.34 bits per heavy atom. The molecule has 73 heavy (non-hydrogen) atoms. The summed E-state index contributed by atoms with van der Waals surface area (Å²) in [5.41, 5.74) is 6.08. The molecule has 4 aromatic rings. The quantitative estimate of drug-likeness (QED) is 0.127. The van der Waals surface area contributed by atoms with Gasteiger partial charge in [-0.05, 0) is 104 Å². The number of carbonyl (C=O) groups excluding carboxylic acids is 4. The van der Waals surface area contributed by atoms with Gasteiger partial charge in [-0.1, -0.05) is 19.1 Å². The predicted octanol–water partition coefficient (Wildman–Crippen LogP) is 6.45. The van der Waals surface area contributed by atoms with Crippen molar-refractivity contribution in [3.8, 4) is 5.69 Å². The molecule has 3 saturated heterocycles. The fourth-order valence-electron chi connectivity index (χ4n) is 11.6. The lowest BCUT2D eigenvalue weighted by Gasteiger charge is -2.39. The van der Waals surface area contributed by atoms with Crippen LogP contribution in [0.3, 0.4) is 0 Å². The molecular weight excluding hydrogens is 938 g/mol. The number of hydrogen-bond acceptors (Lipinski definition) is 10. The lowest BCUT2D eigenvalue weighted by molar-refractivity contribution is -0.319. The number of amides is 5. The first kappa shape index (κ1) is 49.8. The molecule has 0 bridgehead atoms. The number of piperazine rings is 1. The number of imide groups is 1. The van der Waals surface area contributed by atoms with Crippen molar-refractivity contribution in [1.29, 1.82) is 0 Å². The molecule has 2 aromatic carbocycles. The second kappa shape index (κ2) is 20.6. The molecule has 6 aliphatic rings. The molecule has 2 aromatic heterocycles. The SMILES string of the molecule is CNc1cc(=O)n(-c2ccnc3c2C=C([C@H](C)N2CC=C(c4c(F)cc(C(=O)N5CCC(CN6CCN(Cc7ccc8c(c7)N(C)C(=O)/[N+]8=C/C7CCC(=O)NC7=O)CC6)CC5)cc4F)CC2)C(C)C3)cc1F. The topological polar surface area (TPSA) is 146 Å². The van der Waals surface area contributed by atoms with Gasteiger partial charge in [-0.25, -0.2) is 13.2 Å². The van der Waals surface area contributed by atoms with Crippen molar-refractivity contribution < 1.29 is 36.9 Å². The number of piperidine rings is 2. The summed E-state index contributed by atoms with van der Waals surface area (Å²) in [6.07, 6.45) is 11.7. The molecule has 5 aliphatic heterocycles. The first-order chi connectivity index (χ1) is 35.1. The van der Waals surface area contributed by atoms with E-state index in [0.717, 1.165) is 80.2 Å². The lowest BCUT2D eigenvalue weighted by Crippen LogP contribution is -2.48. The zero-order valence-corrected chi connectivity index (χ0v) is 41.8. The van der Waals surface area contributed by atoms with Crippen molar-refractivity contribution in [1.82, 2.24) is 34.5 Å². The number of carbonyl (C=O) groups is 4. The first-order valence-electron chi connectivity index (χ1n) is 25.5.